The van der Waals surface area contributed by atoms with E-state index in [-0.39, 0.29) is 30.2 Å². The summed E-state index contributed by atoms with van der Waals surface area (Å²) in [4.78, 5) is 50.5. The molecule has 4 fully saturated rings. The molecule has 3 N–H and O–H groups in total. The second-order valence-electron chi connectivity index (χ2n) is 13.3. The number of aliphatic hydroxyl groups is 1. The topological polar surface area (TPSA) is 118 Å². The molecule has 230 valence electrons. The number of aromatic nitrogens is 1. The minimum absolute atomic E-state index is 0.145. The van der Waals surface area contributed by atoms with E-state index in [0.29, 0.717) is 32.4 Å². The fourth-order valence-corrected chi connectivity index (χ4v) is 9.27. The predicted molar refractivity (Wildman–Crippen MR) is 165 cm³/mol. The Morgan fingerprint density at radius 1 is 1.18 bits per heavy atom. The largest absolute Gasteiger partial charge is 0.349 e. The van der Waals surface area contributed by atoms with Gasteiger partial charge in [0.05, 0.1) is 10.5 Å². The number of amides is 3. The maximum atomic E-state index is 14.2. The van der Waals surface area contributed by atoms with Crippen molar-refractivity contribution in [2.24, 2.45) is 5.92 Å². The summed E-state index contributed by atoms with van der Waals surface area (Å²) in [5.74, 6) is -3.38. The van der Waals surface area contributed by atoms with Crippen molar-refractivity contribution in [1.29, 1.82) is 0 Å². The monoisotopic (exact) mass is 661 g/mol. The molecule has 10 nitrogen and oxygen atoms in total. The van der Waals surface area contributed by atoms with Gasteiger partial charge in [0.2, 0.25) is 17.5 Å². The molecule has 1 aliphatic carbocycles. The van der Waals surface area contributed by atoms with Gasteiger partial charge in [0.25, 0.3) is 11.8 Å². The first-order chi connectivity index (χ1) is 21.1. The molecule has 0 radical (unpaired) electrons. The fourth-order valence-electron chi connectivity index (χ4n) is 8.69. The number of hydrogen-bond acceptors (Lipinski definition) is 6. The van der Waals surface area contributed by atoms with Crippen LogP contribution in [0.15, 0.2) is 53.1 Å². The molecule has 4 aliphatic heterocycles. The first-order valence-corrected chi connectivity index (χ1v) is 16.3. The first kappa shape index (κ1) is 28.2. The number of nitrogens with zero attached hydrogens (tertiary/aromatic N) is 3. The maximum absolute atomic E-state index is 14.2. The van der Waals surface area contributed by atoms with Crippen molar-refractivity contribution in [3.8, 4) is 0 Å². The van der Waals surface area contributed by atoms with Crippen molar-refractivity contribution in [1.82, 2.24) is 25.0 Å². The van der Waals surface area contributed by atoms with Gasteiger partial charge in [-0.2, -0.15) is 0 Å². The molecule has 5 heterocycles. The number of piperazine rings is 1. The normalized spacial score (nSPS) is 34.7. The number of piperidine rings is 1. The van der Waals surface area contributed by atoms with Crippen molar-refractivity contribution in [3.05, 3.63) is 69.8 Å². The number of H-pyrrole nitrogens is 1. The van der Waals surface area contributed by atoms with Crippen LogP contribution in [0.1, 0.15) is 48.8 Å². The summed E-state index contributed by atoms with van der Waals surface area (Å²) in [5.41, 5.74) is 2.64. The van der Waals surface area contributed by atoms with E-state index in [1.165, 1.54) is 28.3 Å². The van der Waals surface area contributed by atoms with Crippen LogP contribution in [0, 0.1) is 5.92 Å². The second-order valence-corrected chi connectivity index (χ2v) is 14.1. The lowest BCUT2D eigenvalue weighted by molar-refractivity contribution is -0.315. The lowest BCUT2D eigenvalue weighted by atomic mass is 9.72. The fraction of sp³-hybridized carbons (Fsp3) is 0.485. The lowest BCUT2D eigenvalue weighted by Crippen LogP contribution is -2.71. The van der Waals surface area contributed by atoms with Gasteiger partial charge in [-0.15, -0.1) is 0 Å². The van der Waals surface area contributed by atoms with Crippen LogP contribution < -0.4 is 5.32 Å². The number of carbonyl (C=O) groups is 3. The summed E-state index contributed by atoms with van der Waals surface area (Å²) < 4.78 is 7.27. The number of carbonyl (C=O) groups excluding carboxylic acids is 3. The van der Waals surface area contributed by atoms with Gasteiger partial charge in [0.1, 0.15) is 12.1 Å². The standard InChI is InChI=1S/C33H36BrN5O5/c1-32(31(42)39-25(14-18-8-4-3-5-9-18)30(41)38-13-7-12-26(38)33(39,43)44-32)36-29(40)19-15-21-20-10-6-11-23-27(20)22(28(34)35-23)16-24(21)37(2)17-19/h3-6,8-11,19,21,24-26,35,43H,7,12-17H2,1-2H3,(H,36,40)/t19-,21-,24-,25+,26+,32-,33-/m1/s1. The average molecular weight is 663 g/mol. The Morgan fingerprint density at radius 2 is 1.98 bits per heavy atom. The minimum Gasteiger partial charge on any atom is -0.349 e. The van der Waals surface area contributed by atoms with Gasteiger partial charge in [-0.05, 0) is 78.3 Å². The number of halogens is 1. The summed E-state index contributed by atoms with van der Waals surface area (Å²) in [5, 5.41) is 16.2. The van der Waals surface area contributed by atoms with E-state index in [1.54, 1.807) is 4.90 Å². The maximum Gasteiger partial charge on any atom is 0.280 e. The third-order valence-electron chi connectivity index (χ3n) is 10.7. The van der Waals surface area contributed by atoms with E-state index < -0.39 is 35.5 Å². The van der Waals surface area contributed by atoms with Crippen LogP contribution in [0.3, 0.4) is 0 Å². The van der Waals surface area contributed by atoms with Crippen LogP contribution in [0.25, 0.3) is 10.9 Å². The second kappa shape index (κ2) is 9.87. The molecule has 8 rings (SSSR count). The highest BCUT2D eigenvalue weighted by Crippen LogP contribution is 2.48. The van der Waals surface area contributed by atoms with Crippen LogP contribution in [-0.4, -0.2) is 92.4 Å². The number of fused-ring (bicyclic) bond motifs is 5. The summed E-state index contributed by atoms with van der Waals surface area (Å²) >= 11 is 3.71. The lowest BCUT2D eigenvalue weighted by Gasteiger charge is -2.48. The number of nitrogens with one attached hydrogen (secondary N) is 2. The Kier molecular flexibility index (Phi) is 6.34. The predicted octanol–water partition coefficient (Wildman–Crippen LogP) is 2.84. The molecule has 3 amide bonds. The van der Waals surface area contributed by atoms with Crippen molar-refractivity contribution in [3.63, 3.8) is 0 Å². The zero-order valence-corrected chi connectivity index (χ0v) is 26.3. The van der Waals surface area contributed by atoms with Crippen LogP contribution in [0.5, 0.6) is 0 Å². The number of rotatable bonds is 4. The van der Waals surface area contributed by atoms with Gasteiger partial charge < -0.3 is 25.2 Å². The zero-order chi connectivity index (χ0) is 30.5. The molecule has 7 atom stereocenters. The van der Waals surface area contributed by atoms with E-state index in [1.807, 2.05) is 30.3 Å². The Bertz CT molecular complexity index is 1700. The van der Waals surface area contributed by atoms with E-state index >= 15 is 0 Å². The SMILES string of the molecule is CN1C[C@H](C(=O)N[C@]2(C)O[C@]3(O)[C@@H]4CCCN4C(=O)[C@H](Cc4ccccc4)N3C2=O)C[C@@H]2c3cccc4[nH]c(Br)c(c34)C[C@H]21. The minimum atomic E-state index is -2.03. The molecular weight excluding hydrogens is 626 g/mol. The summed E-state index contributed by atoms with van der Waals surface area (Å²) in [6, 6.07) is 14.4. The van der Waals surface area contributed by atoms with Crippen molar-refractivity contribution in [2.75, 3.05) is 20.1 Å². The number of likely N-dealkylation sites (N-methyl/N-ethyl adjacent to an activating group) is 1. The molecule has 44 heavy (non-hydrogen) atoms. The van der Waals surface area contributed by atoms with Crippen LogP contribution in [0.2, 0.25) is 0 Å². The molecule has 2 aromatic carbocycles. The Labute approximate surface area is 263 Å². The quantitative estimate of drug-likeness (QED) is 0.396. The molecule has 0 saturated carbocycles. The molecule has 4 saturated heterocycles. The van der Waals surface area contributed by atoms with Gasteiger partial charge in [-0.3, -0.25) is 24.0 Å². The molecule has 5 aliphatic rings. The van der Waals surface area contributed by atoms with Crippen LogP contribution in [-0.2, 0) is 32.0 Å². The van der Waals surface area contributed by atoms with Gasteiger partial charge in [0, 0.05) is 42.4 Å². The van der Waals surface area contributed by atoms with Gasteiger partial charge in [-0.25, -0.2) is 0 Å². The van der Waals surface area contributed by atoms with E-state index in [4.69, 9.17) is 4.74 Å². The molecule has 11 heteroatoms. The zero-order valence-electron chi connectivity index (χ0n) is 24.8. The number of ether oxygens (including phenoxy) is 1. The molecule has 1 aromatic heterocycles. The first-order valence-electron chi connectivity index (χ1n) is 15.5. The van der Waals surface area contributed by atoms with Crippen molar-refractivity contribution in [2.45, 2.75) is 74.7 Å². The van der Waals surface area contributed by atoms with Gasteiger partial charge in [0.15, 0.2) is 0 Å². The third kappa shape index (κ3) is 3.98. The summed E-state index contributed by atoms with van der Waals surface area (Å²) in [6.45, 7) is 2.53. The number of likely N-dealkylation sites (tertiary alicyclic amines) is 1. The van der Waals surface area contributed by atoms with Crippen LogP contribution >= 0.6 is 15.9 Å². The molecule has 0 bridgehead atoms. The van der Waals surface area contributed by atoms with E-state index in [9.17, 15) is 19.5 Å². The Morgan fingerprint density at radius 3 is 2.77 bits per heavy atom. The Hall–Kier alpha value is -3.25. The molecular formula is C33H36BrN5O5. The van der Waals surface area contributed by atoms with Crippen molar-refractivity contribution < 1.29 is 24.2 Å². The van der Waals surface area contributed by atoms with Gasteiger partial charge >= 0.3 is 0 Å². The summed E-state index contributed by atoms with van der Waals surface area (Å²) in [6.07, 6.45) is 2.96. The average Bonchev–Trinajstić information content (AvgIpc) is 3.67. The van der Waals surface area contributed by atoms with Gasteiger partial charge in [-0.1, -0.05) is 42.5 Å². The smallest absolute Gasteiger partial charge is 0.280 e. The molecule has 0 unspecified atom stereocenters. The van der Waals surface area contributed by atoms with E-state index in [2.05, 4.69) is 56.4 Å². The van der Waals surface area contributed by atoms with E-state index in [0.717, 1.165) is 22.1 Å². The highest BCUT2D eigenvalue weighted by atomic mass is 79.9. The third-order valence-corrected chi connectivity index (χ3v) is 11.4. The van der Waals surface area contributed by atoms with Crippen LogP contribution in [0.4, 0.5) is 0 Å². The highest BCUT2D eigenvalue weighted by molar-refractivity contribution is 9.10. The number of aromatic amines is 1. The highest BCUT2D eigenvalue weighted by Gasteiger charge is 2.70. The molecule has 3 aromatic rings. The molecule has 0 spiro atoms. The summed E-state index contributed by atoms with van der Waals surface area (Å²) in [7, 11) is 2.05. The number of hydrogen-bond donors (Lipinski definition) is 3. The van der Waals surface area contributed by atoms with Crippen molar-refractivity contribution >= 4 is 44.6 Å². The number of benzene rings is 2. The Balaban J connectivity index is 1.08.